The highest BCUT2D eigenvalue weighted by molar-refractivity contribution is 5.44. The second-order valence-corrected chi connectivity index (χ2v) is 8.60. The molecule has 2 aliphatic carbocycles. The van der Waals surface area contributed by atoms with Gasteiger partial charge in [0.2, 0.25) is 0 Å². The van der Waals surface area contributed by atoms with E-state index in [-0.39, 0.29) is 10.8 Å². The zero-order chi connectivity index (χ0) is 15.0. The largest absolute Gasteiger partial charge is 0.390 e. The van der Waals surface area contributed by atoms with Gasteiger partial charge in [0, 0.05) is 23.4 Å². The summed E-state index contributed by atoms with van der Waals surface area (Å²) in [6, 6.07) is 10.00. The minimum absolute atomic E-state index is 0.237. The van der Waals surface area contributed by atoms with Crippen LogP contribution in [-0.4, -0.2) is 22.8 Å². The van der Waals surface area contributed by atoms with E-state index in [1.54, 1.807) is 5.56 Å². The molecule has 0 radical (unpaired) electrons. The molecular formula is C19H27NO. The highest BCUT2D eigenvalue weighted by Crippen LogP contribution is 2.63. The summed E-state index contributed by atoms with van der Waals surface area (Å²) in [6.45, 7) is 8.88. The monoisotopic (exact) mass is 285 g/mol. The molecule has 2 heterocycles. The predicted octanol–water partition coefficient (Wildman–Crippen LogP) is 3.03. The van der Waals surface area contributed by atoms with Crippen molar-refractivity contribution >= 4 is 0 Å². The summed E-state index contributed by atoms with van der Waals surface area (Å²) in [4.78, 5) is 0. The molecule has 5 atom stereocenters. The average Bonchev–Trinajstić information content (AvgIpc) is 2.38. The lowest BCUT2D eigenvalue weighted by molar-refractivity contribution is -0.129. The van der Waals surface area contributed by atoms with E-state index in [1.807, 2.05) is 13.8 Å². The van der Waals surface area contributed by atoms with Gasteiger partial charge in [0.1, 0.15) is 0 Å². The molecule has 1 aromatic rings. The fraction of sp³-hybridized carbons (Fsp3) is 0.684. The van der Waals surface area contributed by atoms with Crippen molar-refractivity contribution in [2.45, 2.75) is 70.1 Å². The van der Waals surface area contributed by atoms with Crippen molar-refractivity contribution < 1.29 is 5.11 Å². The summed E-state index contributed by atoms with van der Waals surface area (Å²) >= 11 is 0. The third-order valence-corrected chi connectivity index (χ3v) is 7.15. The van der Waals surface area contributed by atoms with Gasteiger partial charge in [-0.1, -0.05) is 38.1 Å². The van der Waals surface area contributed by atoms with Crippen LogP contribution >= 0.6 is 0 Å². The molecule has 1 aromatic carbocycles. The van der Waals surface area contributed by atoms with E-state index in [0.29, 0.717) is 18.0 Å². The summed E-state index contributed by atoms with van der Waals surface area (Å²) in [6.07, 6.45) is 3.41. The lowest BCUT2D eigenvalue weighted by atomic mass is 9.42. The number of piperidine rings is 2. The quantitative estimate of drug-likeness (QED) is 0.831. The fourth-order valence-electron chi connectivity index (χ4n) is 5.68. The van der Waals surface area contributed by atoms with Gasteiger partial charge in [0.05, 0.1) is 5.60 Å². The number of aliphatic hydroxyl groups is 1. The maximum absolute atomic E-state index is 10.6. The van der Waals surface area contributed by atoms with Crippen LogP contribution in [0.4, 0.5) is 0 Å². The Hall–Kier alpha value is -0.860. The van der Waals surface area contributed by atoms with E-state index in [2.05, 4.69) is 43.4 Å². The topological polar surface area (TPSA) is 32.3 Å². The predicted molar refractivity (Wildman–Crippen MR) is 85.3 cm³/mol. The van der Waals surface area contributed by atoms with E-state index < -0.39 is 5.60 Å². The van der Waals surface area contributed by atoms with Crippen molar-refractivity contribution in [3.8, 4) is 0 Å². The van der Waals surface area contributed by atoms with Gasteiger partial charge in [0.25, 0.3) is 0 Å². The van der Waals surface area contributed by atoms with Crippen LogP contribution in [0.1, 0.15) is 51.7 Å². The van der Waals surface area contributed by atoms with Gasteiger partial charge < -0.3 is 10.4 Å². The van der Waals surface area contributed by atoms with Crippen molar-refractivity contribution in [3.05, 3.63) is 35.4 Å². The maximum Gasteiger partial charge on any atom is 0.0634 e. The van der Waals surface area contributed by atoms with Gasteiger partial charge in [-0.2, -0.15) is 0 Å². The molecule has 0 amide bonds. The molecule has 0 spiro atoms. The number of benzene rings is 1. The normalized spacial score (nSPS) is 44.5. The van der Waals surface area contributed by atoms with Gasteiger partial charge in [-0.15, -0.1) is 0 Å². The van der Waals surface area contributed by atoms with E-state index >= 15 is 0 Å². The molecule has 2 aliphatic heterocycles. The summed E-state index contributed by atoms with van der Waals surface area (Å²) in [5.74, 6) is 0.358. The van der Waals surface area contributed by atoms with Gasteiger partial charge in [0.15, 0.2) is 0 Å². The molecule has 4 aliphatic rings. The highest BCUT2D eigenvalue weighted by atomic mass is 16.3. The highest BCUT2D eigenvalue weighted by Gasteiger charge is 2.64. The van der Waals surface area contributed by atoms with E-state index in [4.69, 9.17) is 0 Å². The molecule has 2 N–H and O–H groups in total. The number of rotatable bonds is 1. The van der Waals surface area contributed by atoms with Crippen LogP contribution in [0, 0.1) is 11.3 Å². The van der Waals surface area contributed by atoms with Gasteiger partial charge in [-0.05, 0) is 49.7 Å². The fourth-order valence-corrected chi connectivity index (χ4v) is 5.68. The first-order chi connectivity index (χ1) is 9.76. The van der Waals surface area contributed by atoms with Crippen LogP contribution in [0.2, 0.25) is 0 Å². The molecule has 114 valence electrons. The van der Waals surface area contributed by atoms with Crippen molar-refractivity contribution in [2.24, 2.45) is 11.3 Å². The van der Waals surface area contributed by atoms with Crippen LogP contribution in [0.5, 0.6) is 0 Å². The third kappa shape index (κ3) is 1.61. The van der Waals surface area contributed by atoms with Crippen molar-refractivity contribution in [1.29, 1.82) is 0 Å². The Labute approximate surface area is 128 Å². The molecule has 0 aromatic heterocycles. The third-order valence-electron chi connectivity index (χ3n) is 7.15. The smallest absolute Gasteiger partial charge is 0.0634 e. The van der Waals surface area contributed by atoms with Gasteiger partial charge in [-0.3, -0.25) is 0 Å². The Morgan fingerprint density at radius 3 is 2.62 bits per heavy atom. The lowest BCUT2D eigenvalue weighted by Gasteiger charge is -2.68. The van der Waals surface area contributed by atoms with E-state index in [9.17, 15) is 5.11 Å². The minimum atomic E-state index is -0.593. The first kappa shape index (κ1) is 13.8. The number of hydrogen-bond acceptors (Lipinski definition) is 2. The Balaban J connectivity index is 1.84. The molecule has 2 nitrogen and oxygen atoms in total. The summed E-state index contributed by atoms with van der Waals surface area (Å²) in [7, 11) is 0. The molecule has 21 heavy (non-hydrogen) atoms. The molecule has 2 saturated heterocycles. The van der Waals surface area contributed by atoms with Crippen LogP contribution in [-0.2, 0) is 11.8 Å². The first-order valence-electron chi connectivity index (χ1n) is 8.32. The molecule has 2 heteroatoms. The van der Waals surface area contributed by atoms with Crippen LogP contribution in [0.25, 0.3) is 0 Å². The zero-order valence-electron chi connectivity index (χ0n) is 13.6. The SMILES string of the molecule is CC(C)(O)C1CC2(C)C3Cc4ccccc4C2(C)CC1N3. The maximum atomic E-state index is 10.6. The molecule has 5 unspecified atom stereocenters. The minimum Gasteiger partial charge on any atom is -0.390 e. The van der Waals surface area contributed by atoms with Gasteiger partial charge >= 0.3 is 0 Å². The van der Waals surface area contributed by atoms with Crippen LogP contribution in [0.3, 0.4) is 0 Å². The van der Waals surface area contributed by atoms with Gasteiger partial charge in [-0.25, -0.2) is 0 Å². The second-order valence-electron chi connectivity index (χ2n) is 8.60. The van der Waals surface area contributed by atoms with Crippen molar-refractivity contribution in [3.63, 3.8) is 0 Å². The second kappa shape index (κ2) is 3.91. The Morgan fingerprint density at radius 1 is 1.19 bits per heavy atom. The van der Waals surface area contributed by atoms with Crippen molar-refractivity contribution in [1.82, 2.24) is 5.32 Å². The Kier molecular flexibility index (Phi) is 2.56. The summed E-state index contributed by atoms with van der Waals surface area (Å²) in [5.41, 5.74) is 2.97. The average molecular weight is 285 g/mol. The molecule has 3 fully saturated rings. The molecular weight excluding hydrogens is 258 g/mol. The molecule has 1 saturated carbocycles. The van der Waals surface area contributed by atoms with Crippen molar-refractivity contribution in [2.75, 3.05) is 0 Å². The van der Waals surface area contributed by atoms with Crippen LogP contribution < -0.4 is 5.32 Å². The molecule has 5 rings (SSSR count). The summed E-state index contributed by atoms with van der Waals surface area (Å²) in [5, 5.41) is 14.5. The zero-order valence-corrected chi connectivity index (χ0v) is 13.6. The number of nitrogens with one attached hydrogen (secondary N) is 1. The summed E-state index contributed by atoms with van der Waals surface area (Å²) < 4.78 is 0. The Morgan fingerprint density at radius 2 is 1.90 bits per heavy atom. The number of hydrogen-bond donors (Lipinski definition) is 2. The van der Waals surface area contributed by atoms with E-state index in [0.717, 1.165) is 19.3 Å². The van der Waals surface area contributed by atoms with E-state index in [1.165, 1.54) is 5.56 Å². The van der Waals surface area contributed by atoms with Crippen LogP contribution in [0.15, 0.2) is 24.3 Å². The first-order valence-corrected chi connectivity index (χ1v) is 8.32. The standard InChI is InChI=1S/C19H27NO/c1-17(2,21)14-10-19(4)16-9-12-7-5-6-8-13(12)18(19,3)11-15(14)20-16/h5-8,14-16,20-21H,9-11H2,1-4H3. The molecule has 4 bridgehead atoms. The lowest BCUT2D eigenvalue weighted by Crippen LogP contribution is -2.74. The number of fused-ring (bicyclic) bond motifs is 2. The Bertz CT molecular complexity index is 589.